The molecule has 0 bridgehead atoms. The molecule has 0 unspecified atom stereocenters. The summed E-state index contributed by atoms with van der Waals surface area (Å²) in [6, 6.07) is 7.57. The van der Waals surface area contributed by atoms with Gasteiger partial charge in [-0.05, 0) is 12.1 Å². The largest absolute Gasteiger partial charge is 0.497 e. The highest BCUT2D eigenvalue weighted by Gasteiger charge is 2.09. The van der Waals surface area contributed by atoms with Crippen LogP contribution in [-0.4, -0.2) is 16.7 Å². The van der Waals surface area contributed by atoms with Gasteiger partial charge in [-0.1, -0.05) is 6.92 Å². The van der Waals surface area contributed by atoms with Crippen molar-refractivity contribution in [3.8, 4) is 17.5 Å². The third-order valence-electron chi connectivity index (χ3n) is 2.62. The molecule has 0 N–H and O–H groups in total. The van der Waals surface area contributed by atoms with E-state index in [2.05, 4.69) is 11.1 Å². The fraction of sp³-hybridized carbons (Fsp3) is 0.231. The number of rotatable bonds is 3. The van der Waals surface area contributed by atoms with Gasteiger partial charge in [-0.3, -0.25) is 0 Å². The zero-order chi connectivity index (χ0) is 12.3. The zero-order valence-electron chi connectivity index (χ0n) is 9.84. The molecule has 86 valence electrons. The van der Waals surface area contributed by atoms with Crippen LogP contribution in [-0.2, 0) is 6.42 Å². The number of benzene rings is 1. The second-order valence-electron chi connectivity index (χ2n) is 3.56. The Morgan fingerprint density at radius 1 is 1.47 bits per heavy atom. The first kappa shape index (κ1) is 11.2. The predicted octanol–water partition coefficient (Wildman–Crippen LogP) is 2.31. The summed E-state index contributed by atoms with van der Waals surface area (Å²) in [5, 5.41) is 9.12. The summed E-state index contributed by atoms with van der Waals surface area (Å²) in [5.74, 6) is 1.66. The Hall–Kier alpha value is -2.28. The minimum Gasteiger partial charge on any atom is -0.497 e. The van der Waals surface area contributed by atoms with E-state index in [4.69, 9.17) is 10.00 Å². The third-order valence-corrected chi connectivity index (χ3v) is 2.62. The Labute approximate surface area is 100 Å². The van der Waals surface area contributed by atoms with E-state index < -0.39 is 0 Å². The molecule has 17 heavy (non-hydrogen) atoms. The topological polar surface area (TPSA) is 50.8 Å². The van der Waals surface area contributed by atoms with Crippen LogP contribution in [0.3, 0.4) is 0 Å². The van der Waals surface area contributed by atoms with Crippen LogP contribution in [0.2, 0.25) is 0 Å². The monoisotopic (exact) mass is 227 g/mol. The summed E-state index contributed by atoms with van der Waals surface area (Å²) in [6.45, 7) is 2.03. The van der Waals surface area contributed by atoms with Crippen molar-refractivity contribution in [1.82, 2.24) is 9.55 Å². The van der Waals surface area contributed by atoms with Gasteiger partial charge in [0.25, 0.3) is 0 Å². The van der Waals surface area contributed by atoms with Gasteiger partial charge in [-0.25, -0.2) is 4.98 Å². The third kappa shape index (κ3) is 2.00. The fourth-order valence-electron chi connectivity index (χ4n) is 1.75. The summed E-state index contributed by atoms with van der Waals surface area (Å²) in [6.07, 6.45) is 4.41. The van der Waals surface area contributed by atoms with Gasteiger partial charge < -0.3 is 9.30 Å². The van der Waals surface area contributed by atoms with Crippen LogP contribution in [0.4, 0.5) is 0 Å². The summed E-state index contributed by atoms with van der Waals surface area (Å²) >= 11 is 0. The van der Waals surface area contributed by atoms with Crippen LogP contribution in [0.1, 0.15) is 18.3 Å². The Balaban J connectivity index is 2.61. The standard InChI is InChI=1S/C13H13N3O/c1-3-13-15-6-7-16(13)12-8-11(17-2)5-4-10(12)9-14/h4-8H,3H2,1-2H3. The van der Waals surface area contributed by atoms with Crippen LogP contribution in [0.15, 0.2) is 30.6 Å². The maximum Gasteiger partial charge on any atom is 0.121 e. The van der Waals surface area contributed by atoms with E-state index in [1.807, 2.05) is 23.8 Å². The average Bonchev–Trinajstić information content (AvgIpc) is 2.86. The minimum absolute atomic E-state index is 0.610. The lowest BCUT2D eigenvalue weighted by molar-refractivity contribution is 0.414. The summed E-state index contributed by atoms with van der Waals surface area (Å²) in [7, 11) is 1.61. The Bertz CT molecular complexity index is 566. The molecule has 0 aliphatic rings. The van der Waals surface area contributed by atoms with Crippen molar-refractivity contribution in [3.05, 3.63) is 42.0 Å². The van der Waals surface area contributed by atoms with Crippen LogP contribution in [0.5, 0.6) is 5.75 Å². The highest BCUT2D eigenvalue weighted by Crippen LogP contribution is 2.22. The number of nitriles is 1. The Morgan fingerprint density at radius 2 is 2.29 bits per heavy atom. The van der Waals surface area contributed by atoms with Crippen molar-refractivity contribution in [1.29, 1.82) is 5.26 Å². The van der Waals surface area contributed by atoms with Gasteiger partial charge in [-0.2, -0.15) is 5.26 Å². The van der Waals surface area contributed by atoms with E-state index in [0.717, 1.165) is 23.7 Å². The fourth-order valence-corrected chi connectivity index (χ4v) is 1.75. The number of ether oxygens (including phenoxy) is 1. The molecule has 0 amide bonds. The van der Waals surface area contributed by atoms with Crippen LogP contribution in [0.25, 0.3) is 5.69 Å². The molecule has 0 saturated carbocycles. The smallest absolute Gasteiger partial charge is 0.121 e. The van der Waals surface area contributed by atoms with E-state index in [0.29, 0.717) is 5.56 Å². The van der Waals surface area contributed by atoms with Crippen molar-refractivity contribution >= 4 is 0 Å². The first-order chi connectivity index (χ1) is 8.30. The molecule has 0 atom stereocenters. The highest BCUT2D eigenvalue weighted by atomic mass is 16.5. The van der Waals surface area contributed by atoms with Gasteiger partial charge in [0.1, 0.15) is 17.6 Å². The molecule has 4 nitrogen and oxygen atoms in total. The Kier molecular flexibility index (Phi) is 3.10. The lowest BCUT2D eigenvalue weighted by Gasteiger charge is -2.10. The highest BCUT2D eigenvalue weighted by molar-refractivity contribution is 5.53. The quantitative estimate of drug-likeness (QED) is 0.808. The minimum atomic E-state index is 0.610. The van der Waals surface area contributed by atoms with Crippen molar-refractivity contribution in [3.63, 3.8) is 0 Å². The van der Waals surface area contributed by atoms with Gasteiger partial charge in [0, 0.05) is 24.9 Å². The molecule has 4 heteroatoms. The molecular formula is C13H13N3O. The van der Waals surface area contributed by atoms with Gasteiger partial charge in [0.05, 0.1) is 18.4 Å². The molecule has 0 saturated heterocycles. The lowest BCUT2D eigenvalue weighted by atomic mass is 10.2. The maximum atomic E-state index is 9.12. The SMILES string of the molecule is CCc1nccn1-c1cc(OC)ccc1C#N. The average molecular weight is 227 g/mol. The van der Waals surface area contributed by atoms with Crippen LogP contribution < -0.4 is 4.74 Å². The molecular weight excluding hydrogens is 214 g/mol. The number of imidazole rings is 1. The molecule has 1 aromatic carbocycles. The van der Waals surface area contributed by atoms with E-state index in [1.165, 1.54) is 0 Å². The molecule has 1 aromatic heterocycles. The normalized spacial score (nSPS) is 9.94. The number of aryl methyl sites for hydroxylation is 1. The summed E-state index contributed by atoms with van der Waals surface area (Å²) < 4.78 is 7.10. The Morgan fingerprint density at radius 3 is 2.94 bits per heavy atom. The lowest BCUT2D eigenvalue weighted by Crippen LogP contribution is -2.02. The number of hydrogen-bond acceptors (Lipinski definition) is 3. The van der Waals surface area contributed by atoms with Crippen molar-refractivity contribution in [2.24, 2.45) is 0 Å². The molecule has 0 fully saturated rings. The van der Waals surface area contributed by atoms with Crippen molar-refractivity contribution in [2.75, 3.05) is 7.11 Å². The second-order valence-corrected chi connectivity index (χ2v) is 3.56. The summed E-state index contributed by atoms with van der Waals surface area (Å²) in [4.78, 5) is 4.25. The van der Waals surface area contributed by atoms with Gasteiger partial charge in [0.15, 0.2) is 0 Å². The zero-order valence-corrected chi connectivity index (χ0v) is 9.84. The van der Waals surface area contributed by atoms with E-state index in [1.54, 1.807) is 25.4 Å². The maximum absolute atomic E-state index is 9.12. The summed E-state index contributed by atoms with van der Waals surface area (Å²) in [5.41, 5.74) is 1.42. The predicted molar refractivity (Wildman–Crippen MR) is 64.2 cm³/mol. The first-order valence-electron chi connectivity index (χ1n) is 5.41. The molecule has 2 aromatic rings. The van der Waals surface area contributed by atoms with Crippen molar-refractivity contribution in [2.45, 2.75) is 13.3 Å². The first-order valence-corrected chi connectivity index (χ1v) is 5.41. The van der Waals surface area contributed by atoms with Crippen LogP contribution in [0, 0.1) is 11.3 Å². The van der Waals surface area contributed by atoms with Crippen LogP contribution >= 0.6 is 0 Å². The number of hydrogen-bond donors (Lipinski definition) is 0. The van der Waals surface area contributed by atoms with Crippen molar-refractivity contribution < 1.29 is 4.74 Å². The second kappa shape index (κ2) is 4.71. The molecule has 0 aliphatic carbocycles. The van der Waals surface area contributed by atoms with Gasteiger partial charge in [-0.15, -0.1) is 0 Å². The molecule has 0 radical (unpaired) electrons. The van der Waals surface area contributed by atoms with E-state index in [-0.39, 0.29) is 0 Å². The number of aromatic nitrogens is 2. The molecule has 0 spiro atoms. The molecule has 2 rings (SSSR count). The van der Waals surface area contributed by atoms with E-state index >= 15 is 0 Å². The molecule has 0 aliphatic heterocycles. The number of methoxy groups -OCH3 is 1. The van der Waals surface area contributed by atoms with Gasteiger partial charge in [0.2, 0.25) is 0 Å². The van der Waals surface area contributed by atoms with E-state index in [9.17, 15) is 0 Å². The van der Waals surface area contributed by atoms with Gasteiger partial charge >= 0.3 is 0 Å². The molecule has 1 heterocycles. The number of nitrogens with zero attached hydrogens (tertiary/aromatic N) is 3.